The number of hydrogen-bond donors (Lipinski definition) is 0. The van der Waals surface area contributed by atoms with Crippen molar-refractivity contribution in [1.82, 2.24) is 14.8 Å². The van der Waals surface area contributed by atoms with E-state index in [1.54, 1.807) is 12.1 Å². The average Bonchev–Trinajstić information content (AvgIpc) is 3.54. The van der Waals surface area contributed by atoms with Gasteiger partial charge in [-0.25, -0.2) is 9.37 Å². The zero-order valence-corrected chi connectivity index (χ0v) is 30.2. The Morgan fingerprint density at radius 1 is 0.776 bits per heavy atom. The van der Waals surface area contributed by atoms with Gasteiger partial charge in [-0.2, -0.15) is 0 Å². The Bertz CT molecular complexity index is 1540. The summed E-state index contributed by atoms with van der Waals surface area (Å²) in [6.45, 7) is 8.50. The molecule has 1 saturated heterocycles. The summed E-state index contributed by atoms with van der Waals surface area (Å²) in [5.74, 6) is 3.62. The molecule has 0 bridgehead atoms. The standard InChI is InChI=1S/C43H57FN4O/c1-5-47(6-2)40(31-34-17-19-36(20-18-34)41(46(3)4)37-21-23-38(44)24-22-37)42-45-39(30-33-15-11-8-12-16-33)43(49-42)48-27-25-35(26-28-48)29-32-13-9-7-10-14-32/h7-16,21-24,34-36,40-41H,5-6,17-20,25-31H2,1-4H3. The first kappa shape index (κ1) is 35.3. The van der Waals surface area contributed by atoms with Crippen LogP contribution in [0, 0.1) is 23.6 Å². The molecule has 2 atom stereocenters. The molecule has 2 aliphatic rings. The van der Waals surface area contributed by atoms with Gasteiger partial charge in [-0.05, 0) is 112 Å². The Morgan fingerprint density at radius 2 is 1.39 bits per heavy atom. The fraction of sp³-hybridized carbons (Fsp3) is 0.512. The molecule has 5 nitrogen and oxygen atoms in total. The lowest BCUT2D eigenvalue weighted by molar-refractivity contribution is 0.112. The van der Waals surface area contributed by atoms with Crippen molar-refractivity contribution in [3.05, 3.63) is 119 Å². The van der Waals surface area contributed by atoms with E-state index in [2.05, 4.69) is 103 Å². The number of anilines is 1. The first-order chi connectivity index (χ1) is 23.9. The molecule has 4 aromatic rings. The fourth-order valence-corrected chi connectivity index (χ4v) is 8.72. The van der Waals surface area contributed by atoms with Gasteiger partial charge < -0.3 is 14.2 Å². The van der Waals surface area contributed by atoms with Crippen molar-refractivity contribution in [2.75, 3.05) is 45.2 Å². The fourth-order valence-electron chi connectivity index (χ4n) is 8.72. The molecule has 1 aliphatic carbocycles. The van der Waals surface area contributed by atoms with Crippen molar-refractivity contribution in [2.45, 2.75) is 83.7 Å². The second-order valence-corrected chi connectivity index (χ2v) is 14.8. The first-order valence-electron chi connectivity index (χ1n) is 18.9. The van der Waals surface area contributed by atoms with E-state index in [9.17, 15) is 4.39 Å². The van der Waals surface area contributed by atoms with Crippen LogP contribution in [0.15, 0.2) is 89.3 Å². The van der Waals surface area contributed by atoms with E-state index in [4.69, 9.17) is 9.40 Å². The SMILES string of the molecule is CCN(CC)C(CC1CCC(C(c2ccc(F)cc2)N(C)C)CC1)c1nc(Cc2ccccc2)c(N2CCC(Cc3ccccc3)CC2)o1. The molecule has 1 saturated carbocycles. The lowest BCUT2D eigenvalue weighted by atomic mass is 9.74. The second-order valence-electron chi connectivity index (χ2n) is 14.8. The van der Waals surface area contributed by atoms with Gasteiger partial charge in [0.25, 0.3) is 0 Å². The van der Waals surface area contributed by atoms with Gasteiger partial charge in [-0.3, -0.25) is 4.90 Å². The number of halogens is 1. The van der Waals surface area contributed by atoms with E-state index in [0.717, 1.165) is 62.9 Å². The number of hydrogen-bond acceptors (Lipinski definition) is 5. The topological polar surface area (TPSA) is 35.8 Å². The van der Waals surface area contributed by atoms with E-state index in [1.807, 2.05) is 12.1 Å². The molecule has 0 N–H and O–H groups in total. The largest absolute Gasteiger partial charge is 0.423 e. The molecule has 2 fully saturated rings. The minimum Gasteiger partial charge on any atom is -0.423 e. The van der Waals surface area contributed by atoms with Crippen molar-refractivity contribution in [3.8, 4) is 0 Å². The number of oxazole rings is 1. The molecule has 49 heavy (non-hydrogen) atoms. The molecule has 6 rings (SSSR count). The minimum atomic E-state index is -0.165. The molecule has 6 heteroatoms. The van der Waals surface area contributed by atoms with Crippen molar-refractivity contribution in [1.29, 1.82) is 0 Å². The maximum absolute atomic E-state index is 13.7. The summed E-state index contributed by atoms with van der Waals surface area (Å²) in [5, 5.41) is 0. The Labute approximate surface area is 294 Å². The lowest BCUT2D eigenvalue weighted by Gasteiger charge is -2.39. The molecule has 0 amide bonds. The van der Waals surface area contributed by atoms with Gasteiger partial charge in [0.15, 0.2) is 0 Å². The normalized spacial score (nSPS) is 20.2. The van der Waals surface area contributed by atoms with Gasteiger partial charge in [0.1, 0.15) is 11.5 Å². The van der Waals surface area contributed by atoms with Gasteiger partial charge >= 0.3 is 0 Å². The van der Waals surface area contributed by atoms with Gasteiger partial charge in [0.05, 0.1) is 6.04 Å². The molecular weight excluding hydrogens is 607 g/mol. The van der Waals surface area contributed by atoms with Gasteiger partial charge in [0.2, 0.25) is 11.8 Å². The van der Waals surface area contributed by atoms with Crippen molar-refractivity contribution < 1.29 is 8.81 Å². The number of piperidine rings is 1. The molecule has 1 aliphatic heterocycles. The van der Waals surface area contributed by atoms with E-state index in [0.29, 0.717) is 23.8 Å². The first-order valence-corrected chi connectivity index (χ1v) is 18.9. The third-order valence-corrected chi connectivity index (χ3v) is 11.4. The van der Waals surface area contributed by atoms with Crippen LogP contribution in [0.2, 0.25) is 0 Å². The number of benzene rings is 3. The zero-order valence-electron chi connectivity index (χ0n) is 30.2. The molecule has 2 unspecified atom stereocenters. The van der Waals surface area contributed by atoms with Crippen LogP contribution in [0.3, 0.4) is 0 Å². The van der Waals surface area contributed by atoms with Crippen LogP contribution in [0.5, 0.6) is 0 Å². The monoisotopic (exact) mass is 664 g/mol. The zero-order chi connectivity index (χ0) is 34.2. The van der Waals surface area contributed by atoms with E-state index in [-0.39, 0.29) is 11.9 Å². The van der Waals surface area contributed by atoms with Crippen LogP contribution in [0.25, 0.3) is 0 Å². The van der Waals surface area contributed by atoms with Crippen LogP contribution >= 0.6 is 0 Å². The Morgan fingerprint density at radius 3 is 1.98 bits per heavy atom. The van der Waals surface area contributed by atoms with E-state index in [1.165, 1.54) is 55.2 Å². The Hall–Kier alpha value is -3.48. The highest BCUT2D eigenvalue weighted by Gasteiger charge is 2.35. The molecule has 2 heterocycles. The van der Waals surface area contributed by atoms with Gasteiger partial charge in [-0.15, -0.1) is 0 Å². The maximum Gasteiger partial charge on any atom is 0.219 e. The summed E-state index contributed by atoms with van der Waals surface area (Å²) in [7, 11) is 4.32. The third-order valence-electron chi connectivity index (χ3n) is 11.4. The molecule has 0 spiro atoms. The molecule has 0 radical (unpaired) electrons. The second kappa shape index (κ2) is 17.0. The molecular formula is C43H57FN4O. The predicted molar refractivity (Wildman–Crippen MR) is 199 cm³/mol. The summed E-state index contributed by atoms with van der Waals surface area (Å²) in [4.78, 5) is 12.7. The molecule has 3 aromatic carbocycles. The summed E-state index contributed by atoms with van der Waals surface area (Å²) in [6.07, 6.45) is 10.1. The van der Waals surface area contributed by atoms with E-state index >= 15 is 0 Å². The highest BCUT2D eigenvalue weighted by molar-refractivity contribution is 5.44. The Kier molecular flexibility index (Phi) is 12.2. The van der Waals surface area contributed by atoms with Crippen molar-refractivity contribution >= 4 is 5.88 Å². The molecule has 1 aromatic heterocycles. The van der Waals surface area contributed by atoms with Gasteiger partial charge in [0, 0.05) is 25.6 Å². The summed E-state index contributed by atoms with van der Waals surface area (Å²) in [6, 6.07) is 29.3. The summed E-state index contributed by atoms with van der Waals surface area (Å²) >= 11 is 0. The van der Waals surface area contributed by atoms with Gasteiger partial charge in [-0.1, -0.05) is 99.5 Å². The minimum absolute atomic E-state index is 0.164. The predicted octanol–water partition coefficient (Wildman–Crippen LogP) is 9.75. The van der Waals surface area contributed by atoms with Crippen LogP contribution in [-0.4, -0.2) is 55.1 Å². The van der Waals surface area contributed by atoms with Crippen LogP contribution in [0.4, 0.5) is 10.3 Å². The van der Waals surface area contributed by atoms with Crippen molar-refractivity contribution in [2.24, 2.45) is 17.8 Å². The maximum atomic E-state index is 13.7. The van der Waals surface area contributed by atoms with Crippen LogP contribution in [-0.2, 0) is 12.8 Å². The van der Waals surface area contributed by atoms with Crippen LogP contribution in [0.1, 0.15) is 99.2 Å². The highest BCUT2D eigenvalue weighted by Crippen LogP contribution is 2.43. The number of rotatable bonds is 14. The average molecular weight is 665 g/mol. The number of aromatic nitrogens is 1. The lowest BCUT2D eigenvalue weighted by Crippen LogP contribution is -2.34. The summed E-state index contributed by atoms with van der Waals surface area (Å²) < 4.78 is 20.7. The molecule has 262 valence electrons. The highest BCUT2D eigenvalue weighted by atomic mass is 19.1. The smallest absolute Gasteiger partial charge is 0.219 e. The van der Waals surface area contributed by atoms with E-state index < -0.39 is 0 Å². The Balaban J connectivity index is 1.18. The van der Waals surface area contributed by atoms with Crippen LogP contribution < -0.4 is 4.90 Å². The number of nitrogens with zero attached hydrogens (tertiary/aromatic N) is 4. The van der Waals surface area contributed by atoms with Crippen molar-refractivity contribution in [3.63, 3.8) is 0 Å². The summed E-state index contributed by atoms with van der Waals surface area (Å²) in [5.41, 5.74) is 5.02. The quantitative estimate of drug-likeness (QED) is 0.134. The third kappa shape index (κ3) is 9.01.